The molecular formula is C16H18N2O2. The summed E-state index contributed by atoms with van der Waals surface area (Å²) in [5, 5.41) is 0. The summed E-state index contributed by atoms with van der Waals surface area (Å²) in [7, 11) is 0. The van der Waals surface area contributed by atoms with E-state index in [9.17, 15) is 4.79 Å². The molecule has 4 heteroatoms. The second kappa shape index (κ2) is 5.74. The van der Waals surface area contributed by atoms with Gasteiger partial charge in [0.2, 0.25) is 0 Å². The first-order valence-corrected chi connectivity index (χ1v) is 6.44. The zero-order valence-electron chi connectivity index (χ0n) is 11.9. The zero-order chi connectivity index (χ0) is 14.7. The first-order chi connectivity index (χ1) is 9.47. The van der Waals surface area contributed by atoms with Gasteiger partial charge in [0.25, 0.3) is 0 Å². The zero-order valence-corrected chi connectivity index (χ0v) is 11.9. The summed E-state index contributed by atoms with van der Waals surface area (Å²) in [6.07, 6.45) is 0. The van der Waals surface area contributed by atoms with Crippen LogP contribution in [0.25, 0.3) is 0 Å². The number of pyridine rings is 1. The highest BCUT2D eigenvalue weighted by molar-refractivity contribution is 5.92. The van der Waals surface area contributed by atoms with Crippen molar-refractivity contribution in [1.29, 1.82) is 0 Å². The number of nitrogens with two attached hydrogens (primary N) is 1. The van der Waals surface area contributed by atoms with E-state index in [-0.39, 0.29) is 12.6 Å². The fourth-order valence-electron chi connectivity index (χ4n) is 1.99. The van der Waals surface area contributed by atoms with E-state index in [1.54, 1.807) is 6.07 Å². The molecule has 0 aliphatic heterocycles. The van der Waals surface area contributed by atoms with Crippen molar-refractivity contribution in [2.24, 2.45) is 0 Å². The van der Waals surface area contributed by atoms with Gasteiger partial charge < -0.3 is 10.5 Å². The first-order valence-electron chi connectivity index (χ1n) is 6.44. The summed E-state index contributed by atoms with van der Waals surface area (Å²) in [6, 6.07) is 9.17. The number of anilines is 1. The standard InChI is InChI=1S/C16H18N2O2/c1-10-7-11(2)15(17)8-14(10)16(19)20-9-13-6-4-5-12(3)18-13/h4-8H,9,17H2,1-3H3. The summed E-state index contributed by atoms with van der Waals surface area (Å²) >= 11 is 0. The molecule has 0 atom stereocenters. The maximum absolute atomic E-state index is 12.1. The molecule has 0 unspecified atom stereocenters. The third kappa shape index (κ3) is 3.15. The van der Waals surface area contributed by atoms with Gasteiger partial charge in [-0.05, 0) is 50.1 Å². The molecule has 0 aliphatic carbocycles. The molecule has 0 amide bonds. The number of ether oxygens (including phenoxy) is 1. The Balaban J connectivity index is 2.11. The number of rotatable bonds is 3. The molecule has 0 saturated heterocycles. The Morgan fingerprint density at radius 3 is 2.65 bits per heavy atom. The van der Waals surface area contributed by atoms with Gasteiger partial charge in [0.15, 0.2) is 0 Å². The molecule has 0 radical (unpaired) electrons. The monoisotopic (exact) mass is 270 g/mol. The number of aryl methyl sites for hydroxylation is 3. The minimum atomic E-state index is -0.377. The number of hydrogen-bond acceptors (Lipinski definition) is 4. The van der Waals surface area contributed by atoms with Crippen LogP contribution in [0.15, 0.2) is 30.3 Å². The van der Waals surface area contributed by atoms with Gasteiger partial charge in [-0.1, -0.05) is 12.1 Å². The molecule has 0 aliphatic rings. The van der Waals surface area contributed by atoms with E-state index in [1.165, 1.54) is 0 Å². The van der Waals surface area contributed by atoms with Crippen molar-refractivity contribution in [3.05, 3.63) is 58.4 Å². The van der Waals surface area contributed by atoms with E-state index >= 15 is 0 Å². The molecular weight excluding hydrogens is 252 g/mol. The van der Waals surface area contributed by atoms with Crippen molar-refractivity contribution in [2.75, 3.05) is 5.73 Å². The van der Waals surface area contributed by atoms with Crippen molar-refractivity contribution in [3.63, 3.8) is 0 Å². The Labute approximate surface area is 118 Å². The fraction of sp³-hybridized carbons (Fsp3) is 0.250. The highest BCUT2D eigenvalue weighted by Crippen LogP contribution is 2.19. The minimum Gasteiger partial charge on any atom is -0.456 e. The molecule has 20 heavy (non-hydrogen) atoms. The average Bonchev–Trinajstić information content (AvgIpc) is 2.40. The molecule has 0 bridgehead atoms. The fourth-order valence-corrected chi connectivity index (χ4v) is 1.99. The maximum Gasteiger partial charge on any atom is 0.338 e. The lowest BCUT2D eigenvalue weighted by atomic mass is 10.0. The Hall–Kier alpha value is -2.36. The van der Waals surface area contributed by atoms with Crippen LogP contribution < -0.4 is 5.73 Å². The number of nitrogens with zero attached hydrogens (tertiary/aromatic N) is 1. The second-order valence-corrected chi connectivity index (χ2v) is 4.87. The molecule has 1 aromatic carbocycles. The van der Waals surface area contributed by atoms with Gasteiger partial charge in [-0.15, -0.1) is 0 Å². The summed E-state index contributed by atoms with van der Waals surface area (Å²) in [6.45, 7) is 5.84. The third-order valence-corrected chi connectivity index (χ3v) is 3.13. The van der Waals surface area contributed by atoms with Crippen LogP contribution in [0, 0.1) is 20.8 Å². The molecule has 104 valence electrons. The van der Waals surface area contributed by atoms with Gasteiger partial charge >= 0.3 is 5.97 Å². The molecule has 4 nitrogen and oxygen atoms in total. The summed E-state index contributed by atoms with van der Waals surface area (Å²) in [5.74, 6) is -0.377. The number of nitrogen functional groups attached to an aromatic ring is 1. The lowest BCUT2D eigenvalue weighted by Gasteiger charge is -2.09. The van der Waals surface area contributed by atoms with Crippen molar-refractivity contribution in [2.45, 2.75) is 27.4 Å². The van der Waals surface area contributed by atoms with Crippen molar-refractivity contribution in [1.82, 2.24) is 4.98 Å². The van der Waals surface area contributed by atoms with Gasteiger partial charge in [-0.3, -0.25) is 4.98 Å². The van der Waals surface area contributed by atoms with E-state index in [1.807, 2.05) is 45.0 Å². The van der Waals surface area contributed by atoms with E-state index in [0.717, 1.165) is 22.5 Å². The van der Waals surface area contributed by atoms with Crippen LogP contribution in [-0.2, 0) is 11.3 Å². The normalized spacial score (nSPS) is 10.3. The van der Waals surface area contributed by atoms with Crippen molar-refractivity contribution < 1.29 is 9.53 Å². The van der Waals surface area contributed by atoms with Crippen LogP contribution in [0.1, 0.15) is 32.9 Å². The highest BCUT2D eigenvalue weighted by Gasteiger charge is 2.12. The van der Waals surface area contributed by atoms with Gasteiger partial charge in [0.1, 0.15) is 6.61 Å². The SMILES string of the molecule is Cc1cccc(COC(=O)c2cc(N)c(C)cc2C)n1. The predicted octanol–water partition coefficient (Wildman–Crippen LogP) is 2.95. The molecule has 1 heterocycles. The summed E-state index contributed by atoms with van der Waals surface area (Å²) in [4.78, 5) is 16.4. The molecule has 1 aromatic heterocycles. The van der Waals surface area contributed by atoms with Gasteiger partial charge in [-0.25, -0.2) is 4.79 Å². The Kier molecular flexibility index (Phi) is 4.03. The molecule has 2 aromatic rings. The number of carbonyl (C=O) groups is 1. The average molecular weight is 270 g/mol. The Morgan fingerprint density at radius 2 is 1.95 bits per heavy atom. The highest BCUT2D eigenvalue weighted by atomic mass is 16.5. The quantitative estimate of drug-likeness (QED) is 0.688. The summed E-state index contributed by atoms with van der Waals surface area (Å²) < 4.78 is 5.29. The molecule has 0 saturated carbocycles. The second-order valence-electron chi connectivity index (χ2n) is 4.87. The number of hydrogen-bond donors (Lipinski definition) is 1. The van der Waals surface area contributed by atoms with Crippen LogP contribution in [-0.4, -0.2) is 11.0 Å². The molecule has 0 fully saturated rings. The third-order valence-electron chi connectivity index (χ3n) is 3.13. The topological polar surface area (TPSA) is 65.2 Å². The maximum atomic E-state index is 12.1. The largest absolute Gasteiger partial charge is 0.456 e. The van der Waals surface area contributed by atoms with Crippen LogP contribution in [0.5, 0.6) is 0 Å². The van der Waals surface area contributed by atoms with Crippen LogP contribution >= 0.6 is 0 Å². The van der Waals surface area contributed by atoms with E-state index in [0.29, 0.717) is 11.3 Å². The number of esters is 1. The van der Waals surface area contributed by atoms with E-state index in [4.69, 9.17) is 10.5 Å². The first kappa shape index (κ1) is 14.1. The predicted molar refractivity (Wildman–Crippen MR) is 78.4 cm³/mol. The van der Waals surface area contributed by atoms with Gasteiger partial charge in [-0.2, -0.15) is 0 Å². The van der Waals surface area contributed by atoms with Crippen molar-refractivity contribution in [3.8, 4) is 0 Å². The lowest BCUT2D eigenvalue weighted by Crippen LogP contribution is -2.09. The van der Waals surface area contributed by atoms with Gasteiger partial charge in [0, 0.05) is 11.4 Å². The van der Waals surface area contributed by atoms with Crippen molar-refractivity contribution >= 4 is 11.7 Å². The Morgan fingerprint density at radius 1 is 1.20 bits per heavy atom. The van der Waals surface area contributed by atoms with Crippen LogP contribution in [0.3, 0.4) is 0 Å². The minimum absolute atomic E-state index is 0.160. The lowest BCUT2D eigenvalue weighted by molar-refractivity contribution is 0.0467. The van der Waals surface area contributed by atoms with Gasteiger partial charge in [0.05, 0.1) is 11.3 Å². The smallest absolute Gasteiger partial charge is 0.338 e. The Bertz CT molecular complexity index is 651. The number of aromatic nitrogens is 1. The molecule has 0 spiro atoms. The van der Waals surface area contributed by atoms with Crippen LogP contribution in [0.4, 0.5) is 5.69 Å². The molecule has 2 N–H and O–H groups in total. The molecule has 2 rings (SSSR count). The van der Waals surface area contributed by atoms with E-state index < -0.39 is 0 Å². The summed E-state index contributed by atoms with van der Waals surface area (Å²) in [5.41, 5.74) is 10.4. The number of benzene rings is 1. The van der Waals surface area contributed by atoms with Crippen LogP contribution in [0.2, 0.25) is 0 Å². The number of carbonyl (C=O) groups excluding carboxylic acids is 1. The van der Waals surface area contributed by atoms with E-state index in [2.05, 4.69) is 4.98 Å².